The summed E-state index contributed by atoms with van der Waals surface area (Å²) in [6.07, 6.45) is 2.64. The molecule has 0 bridgehead atoms. The minimum absolute atomic E-state index is 0.222. The number of H-pyrrole nitrogens is 1. The van der Waals surface area contributed by atoms with Gasteiger partial charge in [0.1, 0.15) is 5.92 Å². The molecule has 0 aliphatic carbocycles. The summed E-state index contributed by atoms with van der Waals surface area (Å²) in [6, 6.07) is 18.7. The fraction of sp³-hybridized carbons (Fsp3) is 0.273. The highest BCUT2D eigenvalue weighted by atomic mass is 16.5. The molecule has 4 heteroatoms. The molecule has 0 radical (unpaired) electrons. The van der Waals surface area contributed by atoms with Crippen molar-refractivity contribution in [2.24, 2.45) is 4.99 Å². The minimum atomic E-state index is -0.474. The Morgan fingerprint density at radius 3 is 2.73 bits per heavy atom. The number of fused-ring (bicyclic) bond motifs is 3. The lowest BCUT2D eigenvalue weighted by Gasteiger charge is -2.16. The monoisotopic (exact) mass is 346 g/mol. The van der Waals surface area contributed by atoms with Gasteiger partial charge >= 0.3 is 5.97 Å². The van der Waals surface area contributed by atoms with E-state index in [0.717, 1.165) is 17.6 Å². The number of rotatable bonds is 4. The second-order valence-electron chi connectivity index (χ2n) is 6.63. The van der Waals surface area contributed by atoms with Gasteiger partial charge in [-0.3, -0.25) is 9.79 Å². The Bertz CT molecular complexity index is 943. The van der Waals surface area contributed by atoms with E-state index in [2.05, 4.69) is 46.4 Å². The van der Waals surface area contributed by atoms with Crippen molar-refractivity contribution in [3.63, 3.8) is 0 Å². The molecular weight excluding hydrogens is 324 g/mol. The summed E-state index contributed by atoms with van der Waals surface area (Å²) in [5.74, 6) is -0.498. The molecule has 0 saturated carbocycles. The molecule has 132 valence electrons. The predicted molar refractivity (Wildman–Crippen MR) is 104 cm³/mol. The molecule has 2 aromatic carbocycles. The highest BCUT2D eigenvalue weighted by Crippen LogP contribution is 2.37. The number of ether oxygens (including phenoxy) is 1. The number of aromatic nitrogens is 1. The Hall–Kier alpha value is -2.88. The van der Waals surface area contributed by atoms with Crippen LogP contribution in [-0.2, 0) is 16.0 Å². The summed E-state index contributed by atoms with van der Waals surface area (Å²) in [6.45, 7) is 2.86. The first-order valence-corrected chi connectivity index (χ1v) is 9.09. The second-order valence-corrected chi connectivity index (χ2v) is 6.63. The van der Waals surface area contributed by atoms with Crippen molar-refractivity contribution in [3.05, 3.63) is 71.4 Å². The average molecular weight is 346 g/mol. The first kappa shape index (κ1) is 16.6. The molecule has 1 aromatic heterocycles. The number of hydrogen-bond donors (Lipinski definition) is 1. The van der Waals surface area contributed by atoms with Crippen molar-refractivity contribution in [1.82, 2.24) is 4.98 Å². The van der Waals surface area contributed by atoms with Gasteiger partial charge in [0.2, 0.25) is 0 Å². The molecule has 2 atom stereocenters. The van der Waals surface area contributed by atoms with Gasteiger partial charge in [-0.25, -0.2) is 0 Å². The van der Waals surface area contributed by atoms with Crippen LogP contribution in [0.3, 0.4) is 0 Å². The summed E-state index contributed by atoms with van der Waals surface area (Å²) in [5.41, 5.74) is 4.45. The van der Waals surface area contributed by atoms with E-state index in [0.29, 0.717) is 13.2 Å². The van der Waals surface area contributed by atoms with E-state index in [-0.39, 0.29) is 11.9 Å². The number of para-hydroxylation sites is 1. The maximum absolute atomic E-state index is 12.5. The molecule has 0 spiro atoms. The fourth-order valence-corrected chi connectivity index (χ4v) is 3.80. The van der Waals surface area contributed by atoms with Gasteiger partial charge in [0.15, 0.2) is 0 Å². The first-order chi connectivity index (χ1) is 12.8. The summed E-state index contributed by atoms with van der Waals surface area (Å²) >= 11 is 0. The average Bonchev–Trinajstić information content (AvgIpc) is 2.95. The zero-order valence-corrected chi connectivity index (χ0v) is 14.8. The van der Waals surface area contributed by atoms with Crippen molar-refractivity contribution >= 4 is 23.1 Å². The first-order valence-electron chi connectivity index (χ1n) is 9.09. The van der Waals surface area contributed by atoms with Crippen LogP contribution in [-0.4, -0.2) is 30.3 Å². The number of esters is 1. The lowest BCUT2D eigenvalue weighted by Crippen LogP contribution is -2.18. The highest BCUT2D eigenvalue weighted by molar-refractivity contribution is 5.99. The van der Waals surface area contributed by atoms with E-state index in [4.69, 9.17) is 4.74 Å². The van der Waals surface area contributed by atoms with E-state index >= 15 is 0 Å². The molecule has 26 heavy (non-hydrogen) atoms. The number of hydrogen-bond acceptors (Lipinski definition) is 3. The van der Waals surface area contributed by atoms with Gasteiger partial charge in [0.05, 0.1) is 6.61 Å². The Labute approximate surface area is 152 Å². The Balaban J connectivity index is 1.82. The number of aliphatic imine (C=N–C) groups is 1. The van der Waals surface area contributed by atoms with Crippen LogP contribution in [0.2, 0.25) is 0 Å². The third-order valence-corrected chi connectivity index (χ3v) is 4.94. The van der Waals surface area contributed by atoms with Gasteiger partial charge in [-0.15, -0.1) is 0 Å². The van der Waals surface area contributed by atoms with Crippen molar-refractivity contribution in [3.8, 4) is 0 Å². The van der Waals surface area contributed by atoms with Crippen LogP contribution in [0, 0.1) is 0 Å². The lowest BCUT2D eigenvalue weighted by molar-refractivity contribution is -0.143. The Kier molecular flexibility index (Phi) is 4.57. The van der Waals surface area contributed by atoms with Crippen molar-refractivity contribution in [2.45, 2.75) is 25.2 Å². The van der Waals surface area contributed by atoms with Crippen LogP contribution >= 0.6 is 0 Å². The van der Waals surface area contributed by atoms with Crippen LogP contribution in [0.4, 0.5) is 0 Å². The maximum atomic E-state index is 12.5. The van der Waals surface area contributed by atoms with Gasteiger partial charge in [-0.05, 0) is 30.5 Å². The van der Waals surface area contributed by atoms with E-state index < -0.39 is 5.92 Å². The summed E-state index contributed by atoms with van der Waals surface area (Å²) in [5, 5.41) is 1.17. The molecule has 2 unspecified atom stereocenters. The van der Waals surface area contributed by atoms with Crippen LogP contribution in [0.15, 0.2) is 59.6 Å². The largest absolute Gasteiger partial charge is 0.465 e. The minimum Gasteiger partial charge on any atom is -0.465 e. The van der Waals surface area contributed by atoms with Gasteiger partial charge in [-0.1, -0.05) is 48.5 Å². The molecule has 2 heterocycles. The zero-order valence-electron chi connectivity index (χ0n) is 14.8. The van der Waals surface area contributed by atoms with Crippen LogP contribution < -0.4 is 0 Å². The maximum Gasteiger partial charge on any atom is 0.320 e. The second kappa shape index (κ2) is 7.16. The fourth-order valence-electron chi connectivity index (χ4n) is 3.80. The summed E-state index contributed by atoms with van der Waals surface area (Å²) in [7, 11) is 0. The smallest absolute Gasteiger partial charge is 0.320 e. The van der Waals surface area contributed by atoms with Crippen LogP contribution in [0.1, 0.15) is 35.6 Å². The molecule has 1 aliphatic rings. The molecule has 3 aromatic rings. The van der Waals surface area contributed by atoms with Gasteiger partial charge in [0, 0.05) is 35.3 Å². The quantitative estimate of drug-likeness (QED) is 0.719. The number of benzene rings is 2. The molecule has 0 amide bonds. The van der Waals surface area contributed by atoms with E-state index in [1.165, 1.54) is 16.5 Å². The number of carbonyl (C=O) groups is 1. The molecule has 0 saturated heterocycles. The van der Waals surface area contributed by atoms with Gasteiger partial charge in [0.25, 0.3) is 0 Å². The third-order valence-electron chi connectivity index (χ3n) is 4.94. The van der Waals surface area contributed by atoms with Crippen molar-refractivity contribution < 1.29 is 9.53 Å². The molecule has 1 N–H and O–H groups in total. The molecule has 1 aliphatic heterocycles. The van der Waals surface area contributed by atoms with E-state index in [1.807, 2.05) is 25.1 Å². The third kappa shape index (κ3) is 3.03. The van der Waals surface area contributed by atoms with Crippen molar-refractivity contribution in [1.29, 1.82) is 0 Å². The molecular formula is C22H22N2O2. The van der Waals surface area contributed by atoms with Crippen LogP contribution in [0.25, 0.3) is 10.9 Å². The summed E-state index contributed by atoms with van der Waals surface area (Å²) in [4.78, 5) is 20.6. The summed E-state index contributed by atoms with van der Waals surface area (Å²) < 4.78 is 5.29. The van der Waals surface area contributed by atoms with Crippen LogP contribution in [0.5, 0.6) is 0 Å². The highest BCUT2D eigenvalue weighted by Gasteiger charge is 2.31. The van der Waals surface area contributed by atoms with Gasteiger partial charge in [-0.2, -0.15) is 0 Å². The lowest BCUT2D eigenvalue weighted by atomic mass is 9.88. The molecule has 4 rings (SSSR count). The molecule has 4 nitrogen and oxygen atoms in total. The Morgan fingerprint density at radius 2 is 1.92 bits per heavy atom. The number of aromatic amines is 1. The predicted octanol–water partition coefficient (Wildman–Crippen LogP) is 4.23. The Morgan fingerprint density at radius 1 is 1.15 bits per heavy atom. The normalized spacial score (nSPS) is 19.1. The molecule has 0 fully saturated rings. The van der Waals surface area contributed by atoms with E-state index in [9.17, 15) is 4.79 Å². The number of nitrogens with zero attached hydrogens (tertiary/aromatic N) is 1. The number of carbonyl (C=O) groups excluding carboxylic acids is 1. The standard InChI is InChI=1S/C22H22N2O2/c1-2-26-22(25)18-14-23-13-16(12-15-8-4-3-5-9-15)20-17-10-6-7-11-19(17)24-21(18)20/h3-11,14,16,18,24H,2,12-13H2,1H3. The topological polar surface area (TPSA) is 54.4 Å². The van der Waals surface area contributed by atoms with E-state index in [1.54, 1.807) is 6.21 Å². The SMILES string of the molecule is CCOC(=O)C1C=NCC(Cc2ccccc2)c2c1[nH]c1ccccc21. The zero-order chi connectivity index (χ0) is 17.9. The number of nitrogens with one attached hydrogen (secondary N) is 1. The van der Waals surface area contributed by atoms with Crippen molar-refractivity contribution in [2.75, 3.05) is 13.2 Å². The van der Waals surface area contributed by atoms with Gasteiger partial charge < -0.3 is 9.72 Å².